The largest absolute Gasteiger partial charge is 0.484 e. The number of carbonyl (C=O) groups is 1. The molecular formula is C14H17NO5. The molecule has 2 saturated heterocycles. The Morgan fingerprint density at radius 2 is 2.00 bits per heavy atom. The third-order valence-corrected chi connectivity index (χ3v) is 3.49. The zero-order valence-corrected chi connectivity index (χ0v) is 10.9. The Labute approximate surface area is 116 Å². The Balaban J connectivity index is 1.48. The third-order valence-electron chi connectivity index (χ3n) is 3.49. The summed E-state index contributed by atoms with van der Waals surface area (Å²) in [6.45, 7) is 0.548. The Morgan fingerprint density at radius 1 is 1.25 bits per heavy atom. The van der Waals surface area contributed by atoms with Crippen molar-refractivity contribution in [3.8, 4) is 5.75 Å². The van der Waals surface area contributed by atoms with Crippen LogP contribution >= 0.6 is 0 Å². The number of ether oxygens (including phenoxy) is 3. The van der Waals surface area contributed by atoms with Crippen LogP contribution in [0.4, 0.5) is 0 Å². The third kappa shape index (κ3) is 2.77. The molecule has 0 aliphatic carbocycles. The zero-order chi connectivity index (χ0) is 13.9. The number of benzene rings is 1. The van der Waals surface area contributed by atoms with E-state index in [1.807, 2.05) is 18.2 Å². The second kappa shape index (κ2) is 5.78. The molecule has 4 atom stereocenters. The second-order valence-electron chi connectivity index (χ2n) is 4.94. The minimum absolute atomic E-state index is 0.0551. The number of para-hydroxylation sites is 1. The van der Waals surface area contributed by atoms with Crippen molar-refractivity contribution >= 4 is 5.91 Å². The van der Waals surface area contributed by atoms with Crippen LogP contribution in [0.1, 0.15) is 0 Å². The number of hydrogen-bond donors (Lipinski definition) is 2. The standard InChI is InChI=1S/C14H17NO5/c16-11-7-20-13-10(6-19-14(11)13)15-12(17)8-18-9-4-2-1-3-5-9/h1-5,10-11,13-14,16H,6-8H2,(H,15,17)/t10-,11+,13+,14+/m0/s1. The predicted molar refractivity (Wildman–Crippen MR) is 69.4 cm³/mol. The topological polar surface area (TPSA) is 77.0 Å². The van der Waals surface area contributed by atoms with Gasteiger partial charge in [-0.1, -0.05) is 18.2 Å². The SMILES string of the molecule is O=C(COc1ccccc1)N[C@H]1CO[C@H]2[C@@H]1OC[C@H]2O. The summed E-state index contributed by atoms with van der Waals surface area (Å²) in [5.74, 6) is 0.420. The summed E-state index contributed by atoms with van der Waals surface area (Å²) in [5.41, 5.74) is 0. The van der Waals surface area contributed by atoms with Crippen LogP contribution in [0.3, 0.4) is 0 Å². The molecule has 2 heterocycles. The highest BCUT2D eigenvalue weighted by molar-refractivity contribution is 5.78. The smallest absolute Gasteiger partial charge is 0.258 e. The molecule has 6 nitrogen and oxygen atoms in total. The number of hydrogen-bond acceptors (Lipinski definition) is 5. The first kappa shape index (κ1) is 13.4. The van der Waals surface area contributed by atoms with Gasteiger partial charge in [-0.2, -0.15) is 0 Å². The van der Waals surface area contributed by atoms with E-state index in [9.17, 15) is 9.90 Å². The molecule has 0 radical (unpaired) electrons. The minimum Gasteiger partial charge on any atom is -0.484 e. The quantitative estimate of drug-likeness (QED) is 0.792. The van der Waals surface area contributed by atoms with Crippen molar-refractivity contribution in [1.82, 2.24) is 5.32 Å². The van der Waals surface area contributed by atoms with Crippen LogP contribution in [0.2, 0.25) is 0 Å². The molecule has 2 N–H and O–H groups in total. The zero-order valence-electron chi connectivity index (χ0n) is 10.9. The van der Waals surface area contributed by atoms with Crippen molar-refractivity contribution in [3.63, 3.8) is 0 Å². The Morgan fingerprint density at radius 3 is 2.80 bits per heavy atom. The van der Waals surface area contributed by atoms with E-state index >= 15 is 0 Å². The lowest BCUT2D eigenvalue weighted by molar-refractivity contribution is -0.124. The molecule has 2 aliphatic rings. The van der Waals surface area contributed by atoms with Crippen LogP contribution in [0.15, 0.2) is 30.3 Å². The van der Waals surface area contributed by atoms with Gasteiger partial charge in [0, 0.05) is 0 Å². The lowest BCUT2D eigenvalue weighted by Crippen LogP contribution is -2.45. The van der Waals surface area contributed by atoms with E-state index in [-0.39, 0.29) is 37.4 Å². The molecule has 2 fully saturated rings. The second-order valence-corrected chi connectivity index (χ2v) is 4.94. The first-order chi connectivity index (χ1) is 9.74. The summed E-state index contributed by atoms with van der Waals surface area (Å²) in [7, 11) is 0. The van der Waals surface area contributed by atoms with Crippen molar-refractivity contribution in [1.29, 1.82) is 0 Å². The van der Waals surface area contributed by atoms with Crippen molar-refractivity contribution in [2.24, 2.45) is 0 Å². The molecule has 0 bridgehead atoms. The van der Waals surface area contributed by atoms with Crippen LogP contribution in [0, 0.1) is 0 Å². The van der Waals surface area contributed by atoms with Gasteiger partial charge in [0.25, 0.3) is 5.91 Å². The molecular weight excluding hydrogens is 262 g/mol. The number of rotatable bonds is 4. The Hall–Kier alpha value is -1.63. The maximum atomic E-state index is 11.8. The maximum Gasteiger partial charge on any atom is 0.258 e. The normalized spacial score (nSPS) is 31.9. The molecule has 0 unspecified atom stereocenters. The van der Waals surface area contributed by atoms with Crippen molar-refractivity contribution in [2.75, 3.05) is 19.8 Å². The van der Waals surface area contributed by atoms with E-state index in [2.05, 4.69) is 5.32 Å². The summed E-state index contributed by atoms with van der Waals surface area (Å²) in [4.78, 5) is 11.8. The summed E-state index contributed by atoms with van der Waals surface area (Å²) >= 11 is 0. The monoisotopic (exact) mass is 279 g/mol. The fourth-order valence-corrected chi connectivity index (χ4v) is 2.52. The summed E-state index contributed by atoms with van der Waals surface area (Å²) in [6, 6.07) is 8.92. The number of amides is 1. The van der Waals surface area contributed by atoms with Crippen molar-refractivity contribution < 1.29 is 24.1 Å². The summed E-state index contributed by atoms with van der Waals surface area (Å²) < 4.78 is 16.2. The average molecular weight is 279 g/mol. The van der Waals surface area contributed by atoms with Crippen LogP contribution in [-0.2, 0) is 14.3 Å². The van der Waals surface area contributed by atoms with E-state index in [1.54, 1.807) is 12.1 Å². The van der Waals surface area contributed by atoms with Gasteiger partial charge < -0.3 is 24.6 Å². The first-order valence-electron chi connectivity index (χ1n) is 6.62. The highest BCUT2D eigenvalue weighted by Gasteiger charge is 2.47. The van der Waals surface area contributed by atoms with Gasteiger partial charge in [0.15, 0.2) is 6.61 Å². The van der Waals surface area contributed by atoms with Crippen LogP contribution in [0.5, 0.6) is 5.75 Å². The van der Waals surface area contributed by atoms with Gasteiger partial charge in [0.1, 0.15) is 24.1 Å². The fraction of sp³-hybridized carbons (Fsp3) is 0.500. The fourth-order valence-electron chi connectivity index (χ4n) is 2.52. The molecule has 3 rings (SSSR count). The average Bonchev–Trinajstić information content (AvgIpc) is 3.02. The maximum absolute atomic E-state index is 11.8. The molecule has 108 valence electrons. The number of aliphatic hydroxyl groups is 1. The molecule has 0 aromatic heterocycles. The number of fused-ring (bicyclic) bond motifs is 1. The molecule has 0 saturated carbocycles. The van der Waals surface area contributed by atoms with Crippen molar-refractivity contribution in [3.05, 3.63) is 30.3 Å². The highest BCUT2D eigenvalue weighted by atomic mass is 16.6. The molecule has 1 amide bonds. The van der Waals surface area contributed by atoms with E-state index in [0.717, 1.165) is 0 Å². The first-order valence-corrected chi connectivity index (χ1v) is 6.62. The van der Waals surface area contributed by atoms with E-state index in [1.165, 1.54) is 0 Å². The minimum atomic E-state index is -0.609. The molecule has 1 aromatic rings. The summed E-state index contributed by atoms with van der Waals surface area (Å²) in [5, 5.41) is 12.4. The Kier molecular flexibility index (Phi) is 3.86. The molecule has 6 heteroatoms. The predicted octanol–water partition coefficient (Wildman–Crippen LogP) is -0.291. The van der Waals surface area contributed by atoms with Gasteiger partial charge in [0.05, 0.1) is 19.3 Å². The molecule has 0 spiro atoms. The van der Waals surface area contributed by atoms with E-state index in [4.69, 9.17) is 14.2 Å². The van der Waals surface area contributed by atoms with E-state index < -0.39 is 6.10 Å². The van der Waals surface area contributed by atoms with E-state index in [0.29, 0.717) is 12.4 Å². The van der Waals surface area contributed by atoms with Gasteiger partial charge in [0.2, 0.25) is 0 Å². The van der Waals surface area contributed by atoms with Gasteiger partial charge >= 0.3 is 0 Å². The van der Waals surface area contributed by atoms with Gasteiger partial charge in [-0.25, -0.2) is 0 Å². The van der Waals surface area contributed by atoms with Crippen LogP contribution in [-0.4, -0.2) is 55.2 Å². The lowest BCUT2D eigenvalue weighted by atomic mass is 10.1. The molecule has 20 heavy (non-hydrogen) atoms. The van der Waals surface area contributed by atoms with Crippen LogP contribution in [0.25, 0.3) is 0 Å². The summed E-state index contributed by atoms with van der Waals surface area (Å²) in [6.07, 6.45) is -1.22. The van der Waals surface area contributed by atoms with Crippen molar-refractivity contribution in [2.45, 2.75) is 24.4 Å². The lowest BCUT2D eigenvalue weighted by Gasteiger charge is -2.17. The number of aliphatic hydroxyl groups excluding tert-OH is 1. The number of carbonyl (C=O) groups excluding carboxylic acids is 1. The Bertz CT molecular complexity index is 466. The van der Waals surface area contributed by atoms with Crippen LogP contribution < -0.4 is 10.1 Å². The molecule has 2 aliphatic heterocycles. The highest BCUT2D eigenvalue weighted by Crippen LogP contribution is 2.26. The van der Waals surface area contributed by atoms with Gasteiger partial charge in [-0.05, 0) is 12.1 Å². The van der Waals surface area contributed by atoms with Gasteiger partial charge in [-0.15, -0.1) is 0 Å². The van der Waals surface area contributed by atoms with Gasteiger partial charge in [-0.3, -0.25) is 4.79 Å². The molecule has 1 aromatic carbocycles. The number of nitrogens with one attached hydrogen (secondary N) is 1.